The number of fused-ring (bicyclic) bond motifs is 3. The SMILES string of the molecule is Cc1cccc([NH-])c1.[Cl-].[Cl-].[Hf+4].[c-]1cccc2c1Cc1ccccc1-2.c1ccc([Si]c2ccccc2)cc1. The van der Waals surface area contributed by atoms with Gasteiger partial charge in [0.15, 0.2) is 0 Å². The van der Waals surface area contributed by atoms with Crippen LogP contribution in [0.25, 0.3) is 16.9 Å². The van der Waals surface area contributed by atoms with Crippen LogP contribution in [0.15, 0.2) is 127 Å². The predicted octanol–water partition coefficient (Wildman–Crippen LogP) is 1.08. The third-order valence-electron chi connectivity index (χ3n) is 5.47. The van der Waals surface area contributed by atoms with Crippen molar-refractivity contribution in [2.75, 3.05) is 0 Å². The van der Waals surface area contributed by atoms with Gasteiger partial charge >= 0.3 is 25.8 Å². The van der Waals surface area contributed by atoms with E-state index in [4.69, 9.17) is 5.73 Å². The Morgan fingerprint density at radius 3 is 1.78 bits per heavy atom. The summed E-state index contributed by atoms with van der Waals surface area (Å²) in [6, 6.07) is 46.7. The summed E-state index contributed by atoms with van der Waals surface area (Å²) in [6.45, 7) is 1.98. The Balaban J connectivity index is 0.000000275. The molecule has 1 aliphatic rings. The molecule has 0 amide bonds. The molecule has 0 aliphatic heterocycles. The van der Waals surface area contributed by atoms with Crippen LogP contribution in [0.3, 0.4) is 0 Å². The molecule has 0 saturated carbocycles. The van der Waals surface area contributed by atoms with Crippen LogP contribution in [0, 0.1) is 13.0 Å². The van der Waals surface area contributed by atoms with E-state index in [2.05, 4.69) is 103 Å². The van der Waals surface area contributed by atoms with E-state index < -0.39 is 0 Å². The van der Waals surface area contributed by atoms with Crippen molar-refractivity contribution in [3.05, 3.63) is 156 Å². The third-order valence-corrected chi connectivity index (χ3v) is 6.71. The maximum atomic E-state index is 7.14. The quantitative estimate of drug-likeness (QED) is 0.191. The monoisotopic (exact) mass is 703 g/mol. The summed E-state index contributed by atoms with van der Waals surface area (Å²) >= 11 is 0. The van der Waals surface area contributed by atoms with E-state index in [-0.39, 0.29) is 50.7 Å². The van der Waals surface area contributed by atoms with E-state index in [9.17, 15) is 0 Å². The first-order valence-corrected chi connectivity index (χ1v) is 12.4. The number of rotatable bonds is 2. The second-order valence-electron chi connectivity index (χ2n) is 8.12. The second-order valence-corrected chi connectivity index (χ2v) is 9.53. The van der Waals surface area contributed by atoms with Gasteiger partial charge < -0.3 is 30.5 Å². The van der Waals surface area contributed by atoms with Crippen LogP contribution >= 0.6 is 0 Å². The number of aryl methyl sites for hydroxylation is 1. The molecule has 0 unspecified atom stereocenters. The van der Waals surface area contributed by atoms with Crippen LogP contribution in [0.4, 0.5) is 5.69 Å². The first kappa shape index (κ1) is 32.6. The van der Waals surface area contributed by atoms with Gasteiger partial charge in [0.25, 0.3) is 0 Å². The Bertz CT molecular complexity index is 1230. The average Bonchev–Trinajstić information content (AvgIpc) is 3.25. The molecule has 1 aliphatic carbocycles. The number of benzene rings is 5. The summed E-state index contributed by atoms with van der Waals surface area (Å²) in [6.07, 6.45) is 1.05. The van der Waals surface area contributed by atoms with Gasteiger partial charge in [-0.2, -0.15) is 29.8 Å². The smallest absolute Gasteiger partial charge is 1.00 e. The zero-order valence-corrected chi connectivity index (χ0v) is 26.7. The Hall–Kier alpha value is -2.43. The zero-order valence-electron chi connectivity index (χ0n) is 20.6. The molecular formula is C32H27Cl2HfNSi. The van der Waals surface area contributed by atoms with Crippen LogP contribution in [0.1, 0.15) is 16.7 Å². The standard InChI is InChI=1S/C13H9.C12H10Si.C7H8N.2ClH.Hf/c1-3-7-12-10(5-1)9-11-6-2-4-8-13(11)12;1-3-7-11(8-4-1)13-12-9-5-2-6-10-12;1-6-3-2-4-7(8)5-6;;;/h1-5,7-8H,9H2;1-10H;2-5,8H,1H3;2*1H;/q-1;;-1;;;+4/p-2. The fourth-order valence-electron chi connectivity index (χ4n) is 3.85. The van der Waals surface area contributed by atoms with E-state index in [1.54, 1.807) is 6.07 Å². The van der Waals surface area contributed by atoms with Gasteiger partial charge in [-0.15, -0.1) is 11.3 Å². The van der Waals surface area contributed by atoms with E-state index in [1.165, 1.54) is 32.6 Å². The van der Waals surface area contributed by atoms with Crippen molar-refractivity contribution in [3.8, 4) is 11.1 Å². The third kappa shape index (κ3) is 10.1. The van der Waals surface area contributed by atoms with Crippen LogP contribution in [-0.2, 0) is 32.3 Å². The molecule has 0 heterocycles. The Kier molecular flexibility index (Phi) is 15.1. The molecule has 5 aromatic rings. The van der Waals surface area contributed by atoms with Gasteiger partial charge in [0.05, 0.1) is 0 Å². The molecule has 0 fully saturated rings. The fourth-order valence-corrected chi connectivity index (χ4v) is 4.90. The molecule has 0 bridgehead atoms. The van der Waals surface area contributed by atoms with Crippen molar-refractivity contribution in [3.63, 3.8) is 0 Å². The van der Waals surface area contributed by atoms with Gasteiger partial charge in [0, 0.05) is 0 Å². The van der Waals surface area contributed by atoms with Crippen LogP contribution in [0.5, 0.6) is 0 Å². The first-order valence-electron chi connectivity index (χ1n) is 11.4. The fraction of sp³-hybridized carbons (Fsp3) is 0.0625. The minimum atomic E-state index is 0. The topological polar surface area (TPSA) is 23.8 Å². The van der Waals surface area contributed by atoms with Gasteiger partial charge in [0.1, 0.15) is 9.52 Å². The molecule has 0 aromatic heterocycles. The van der Waals surface area contributed by atoms with Crippen molar-refractivity contribution in [1.82, 2.24) is 0 Å². The Morgan fingerprint density at radius 2 is 1.22 bits per heavy atom. The molecule has 182 valence electrons. The maximum Gasteiger partial charge on any atom is 4.00 e. The minimum Gasteiger partial charge on any atom is -1.00 e. The zero-order chi connectivity index (χ0) is 23.6. The summed E-state index contributed by atoms with van der Waals surface area (Å²) in [4.78, 5) is 0. The van der Waals surface area contributed by atoms with Gasteiger partial charge in [-0.05, 0) is 13.3 Å². The molecule has 5 heteroatoms. The molecule has 37 heavy (non-hydrogen) atoms. The van der Waals surface area contributed by atoms with E-state index in [0.29, 0.717) is 5.69 Å². The number of nitrogens with one attached hydrogen (secondary N) is 1. The summed E-state index contributed by atoms with van der Waals surface area (Å²) in [5, 5.41) is 2.79. The first-order chi connectivity index (χ1) is 16.7. The van der Waals surface area contributed by atoms with Crippen LogP contribution < -0.4 is 35.2 Å². The second kappa shape index (κ2) is 17.1. The normalized spacial score (nSPS) is 9.76. The summed E-state index contributed by atoms with van der Waals surface area (Å²) in [5.74, 6) is 0. The molecule has 5 aromatic carbocycles. The van der Waals surface area contributed by atoms with Gasteiger partial charge in [-0.25, -0.2) is 0 Å². The molecule has 1 nitrogen and oxygen atoms in total. The summed E-state index contributed by atoms with van der Waals surface area (Å²) in [5.41, 5.74) is 14.4. The van der Waals surface area contributed by atoms with Crippen molar-refractivity contribution >= 4 is 25.6 Å². The molecule has 6 rings (SSSR count). The molecule has 0 atom stereocenters. The molecule has 1 N–H and O–H groups in total. The molecular weight excluding hydrogens is 676 g/mol. The van der Waals surface area contributed by atoms with E-state index in [1.807, 2.05) is 31.2 Å². The predicted molar refractivity (Wildman–Crippen MR) is 147 cm³/mol. The van der Waals surface area contributed by atoms with Gasteiger partial charge in [0.2, 0.25) is 0 Å². The number of hydrogen-bond donors (Lipinski definition) is 0. The Morgan fingerprint density at radius 1 is 0.649 bits per heavy atom. The van der Waals surface area contributed by atoms with Crippen molar-refractivity contribution in [2.45, 2.75) is 13.3 Å². The molecule has 0 saturated heterocycles. The van der Waals surface area contributed by atoms with E-state index >= 15 is 0 Å². The van der Waals surface area contributed by atoms with E-state index in [0.717, 1.165) is 21.5 Å². The average molecular weight is 703 g/mol. The summed E-state index contributed by atoms with van der Waals surface area (Å²) in [7, 11) is 0.777. The van der Waals surface area contributed by atoms with Gasteiger partial charge in [-0.3, -0.25) is 0 Å². The van der Waals surface area contributed by atoms with Crippen LogP contribution in [0.2, 0.25) is 0 Å². The molecule has 0 spiro atoms. The van der Waals surface area contributed by atoms with Gasteiger partial charge in [-0.1, -0.05) is 136 Å². The minimum absolute atomic E-state index is 0. The number of halogens is 2. The largest absolute Gasteiger partial charge is 4.00 e. The van der Waals surface area contributed by atoms with Crippen LogP contribution in [-0.4, -0.2) is 9.52 Å². The number of hydrogen-bond acceptors (Lipinski definition) is 0. The summed E-state index contributed by atoms with van der Waals surface area (Å²) < 4.78 is 0. The van der Waals surface area contributed by atoms with Crippen molar-refractivity contribution in [1.29, 1.82) is 0 Å². The van der Waals surface area contributed by atoms with Crippen molar-refractivity contribution < 1.29 is 50.7 Å². The maximum absolute atomic E-state index is 7.14. The molecule has 2 radical (unpaired) electrons. The van der Waals surface area contributed by atoms with Crippen molar-refractivity contribution in [2.24, 2.45) is 0 Å². The Labute approximate surface area is 255 Å².